The van der Waals surface area contributed by atoms with Crippen molar-refractivity contribution in [2.45, 2.75) is 13.3 Å². The van der Waals surface area contributed by atoms with Crippen LogP contribution in [0.3, 0.4) is 0 Å². The number of carbonyl (C=O) groups excluding carboxylic acids is 1. The zero-order chi connectivity index (χ0) is 14.3. The van der Waals surface area contributed by atoms with Gasteiger partial charge in [-0.1, -0.05) is 22.9 Å². The Balaban J connectivity index is 2.91. The van der Waals surface area contributed by atoms with Crippen molar-refractivity contribution in [1.82, 2.24) is 0 Å². The van der Waals surface area contributed by atoms with Crippen LogP contribution in [0.1, 0.15) is 23.7 Å². The SMILES string of the molecule is CCC(CBr)COc1cc(OC)ccc1C(=O)OC. The standard InChI is InChI=1S/C14H19BrO4/c1-4-10(8-15)9-19-13-7-11(17-2)5-6-12(13)14(16)18-3/h5-7,10H,4,8-9H2,1-3H3. The number of carbonyl (C=O) groups is 1. The molecule has 0 aliphatic rings. The van der Waals surface area contributed by atoms with Crippen LogP contribution in [0.2, 0.25) is 0 Å². The Labute approximate surface area is 122 Å². The van der Waals surface area contributed by atoms with Gasteiger partial charge in [0.1, 0.15) is 17.1 Å². The van der Waals surface area contributed by atoms with Crippen LogP contribution >= 0.6 is 15.9 Å². The fraction of sp³-hybridized carbons (Fsp3) is 0.500. The Morgan fingerprint density at radius 3 is 2.63 bits per heavy atom. The second-order valence-corrected chi connectivity index (χ2v) is 4.74. The topological polar surface area (TPSA) is 44.8 Å². The summed E-state index contributed by atoms with van der Waals surface area (Å²) in [4.78, 5) is 11.7. The molecule has 0 heterocycles. The average molecular weight is 331 g/mol. The van der Waals surface area contributed by atoms with Gasteiger partial charge in [-0.2, -0.15) is 0 Å². The number of benzene rings is 1. The number of hydrogen-bond donors (Lipinski definition) is 0. The Morgan fingerprint density at radius 1 is 1.37 bits per heavy atom. The molecule has 0 N–H and O–H groups in total. The Bertz CT molecular complexity index is 416. The number of methoxy groups -OCH3 is 2. The zero-order valence-corrected chi connectivity index (χ0v) is 13.0. The van der Waals surface area contributed by atoms with E-state index in [0.717, 1.165) is 11.8 Å². The molecule has 1 rings (SSSR count). The third kappa shape index (κ3) is 4.42. The number of halogens is 1. The van der Waals surface area contributed by atoms with Gasteiger partial charge in [0.2, 0.25) is 0 Å². The van der Waals surface area contributed by atoms with E-state index in [9.17, 15) is 4.79 Å². The highest BCUT2D eigenvalue weighted by molar-refractivity contribution is 9.09. The number of rotatable bonds is 7. The van der Waals surface area contributed by atoms with E-state index in [-0.39, 0.29) is 0 Å². The summed E-state index contributed by atoms with van der Waals surface area (Å²) < 4.78 is 15.6. The number of esters is 1. The molecule has 0 aromatic heterocycles. The smallest absolute Gasteiger partial charge is 0.341 e. The van der Waals surface area contributed by atoms with Gasteiger partial charge in [-0.15, -0.1) is 0 Å². The molecule has 5 heteroatoms. The molecular formula is C14H19BrO4. The molecule has 1 atom stereocenters. The van der Waals surface area contributed by atoms with Crippen LogP contribution in [0.25, 0.3) is 0 Å². The van der Waals surface area contributed by atoms with Crippen molar-refractivity contribution in [3.63, 3.8) is 0 Å². The molecule has 0 aliphatic carbocycles. The highest BCUT2D eigenvalue weighted by Crippen LogP contribution is 2.26. The molecule has 1 aromatic rings. The van der Waals surface area contributed by atoms with E-state index in [4.69, 9.17) is 14.2 Å². The Morgan fingerprint density at radius 2 is 2.11 bits per heavy atom. The van der Waals surface area contributed by atoms with Crippen LogP contribution in [0.5, 0.6) is 11.5 Å². The molecular weight excluding hydrogens is 312 g/mol. The van der Waals surface area contributed by atoms with Crippen molar-refractivity contribution in [3.05, 3.63) is 23.8 Å². The van der Waals surface area contributed by atoms with Crippen LogP contribution in [-0.4, -0.2) is 32.1 Å². The van der Waals surface area contributed by atoms with E-state index in [1.807, 2.05) is 0 Å². The van der Waals surface area contributed by atoms with E-state index < -0.39 is 5.97 Å². The fourth-order valence-corrected chi connectivity index (χ4v) is 2.15. The minimum absolute atomic E-state index is 0.400. The normalized spacial score (nSPS) is 11.8. The first-order chi connectivity index (χ1) is 9.15. The van der Waals surface area contributed by atoms with Crippen LogP contribution in [0.15, 0.2) is 18.2 Å². The predicted octanol–water partition coefficient (Wildman–Crippen LogP) is 3.28. The second kappa shape index (κ2) is 8.04. The highest BCUT2D eigenvalue weighted by atomic mass is 79.9. The Hall–Kier alpha value is -1.23. The van der Waals surface area contributed by atoms with E-state index >= 15 is 0 Å². The molecule has 1 aromatic carbocycles. The monoisotopic (exact) mass is 330 g/mol. The zero-order valence-electron chi connectivity index (χ0n) is 11.4. The maximum absolute atomic E-state index is 11.7. The summed E-state index contributed by atoms with van der Waals surface area (Å²) in [7, 11) is 2.92. The van der Waals surface area contributed by atoms with Gasteiger partial charge in [-0.3, -0.25) is 0 Å². The van der Waals surface area contributed by atoms with Gasteiger partial charge in [0.25, 0.3) is 0 Å². The molecule has 19 heavy (non-hydrogen) atoms. The summed E-state index contributed by atoms with van der Waals surface area (Å²) in [5.41, 5.74) is 0.410. The van der Waals surface area contributed by atoms with Crippen molar-refractivity contribution in [2.75, 3.05) is 26.2 Å². The summed E-state index contributed by atoms with van der Waals surface area (Å²) in [5, 5.41) is 0.862. The average Bonchev–Trinajstić information content (AvgIpc) is 2.47. The molecule has 0 spiro atoms. The van der Waals surface area contributed by atoms with Gasteiger partial charge in [-0.25, -0.2) is 4.79 Å². The number of ether oxygens (including phenoxy) is 3. The molecule has 0 amide bonds. The minimum Gasteiger partial charge on any atom is -0.497 e. The van der Waals surface area contributed by atoms with Gasteiger partial charge in [0.15, 0.2) is 0 Å². The van der Waals surface area contributed by atoms with Gasteiger partial charge in [0, 0.05) is 17.3 Å². The molecule has 1 unspecified atom stereocenters. The summed E-state index contributed by atoms with van der Waals surface area (Å²) in [5.74, 6) is 1.13. The molecule has 106 valence electrons. The summed E-state index contributed by atoms with van der Waals surface area (Å²) in [6.45, 7) is 2.64. The molecule has 0 fully saturated rings. The van der Waals surface area contributed by atoms with Crippen molar-refractivity contribution >= 4 is 21.9 Å². The Kier molecular flexibility index (Phi) is 6.70. The highest BCUT2D eigenvalue weighted by Gasteiger charge is 2.15. The third-order valence-electron chi connectivity index (χ3n) is 2.86. The lowest BCUT2D eigenvalue weighted by Crippen LogP contribution is -2.14. The quantitative estimate of drug-likeness (QED) is 0.568. The number of alkyl halides is 1. The number of hydrogen-bond acceptors (Lipinski definition) is 4. The summed E-state index contributed by atoms with van der Waals surface area (Å²) in [6, 6.07) is 5.06. The van der Waals surface area contributed by atoms with Crippen LogP contribution in [0.4, 0.5) is 0 Å². The summed E-state index contributed by atoms with van der Waals surface area (Å²) >= 11 is 3.44. The van der Waals surface area contributed by atoms with E-state index in [2.05, 4.69) is 22.9 Å². The maximum atomic E-state index is 11.7. The maximum Gasteiger partial charge on any atom is 0.341 e. The lowest BCUT2D eigenvalue weighted by atomic mass is 10.1. The van der Waals surface area contributed by atoms with Crippen LogP contribution in [-0.2, 0) is 4.74 Å². The largest absolute Gasteiger partial charge is 0.497 e. The minimum atomic E-state index is -0.412. The first-order valence-corrected chi connectivity index (χ1v) is 7.23. The third-order valence-corrected chi connectivity index (χ3v) is 3.78. The first kappa shape index (κ1) is 15.8. The molecule has 0 saturated carbocycles. The van der Waals surface area contributed by atoms with Gasteiger partial charge in [0.05, 0.1) is 20.8 Å². The van der Waals surface area contributed by atoms with Gasteiger partial charge < -0.3 is 14.2 Å². The second-order valence-electron chi connectivity index (χ2n) is 4.09. The van der Waals surface area contributed by atoms with E-state index in [1.165, 1.54) is 7.11 Å². The first-order valence-electron chi connectivity index (χ1n) is 6.11. The molecule has 0 aliphatic heterocycles. The van der Waals surface area contributed by atoms with Crippen LogP contribution in [0, 0.1) is 5.92 Å². The molecule has 0 saturated heterocycles. The van der Waals surface area contributed by atoms with Crippen LogP contribution < -0.4 is 9.47 Å². The molecule has 4 nitrogen and oxygen atoms in total. The van der Waals surface area contributed by atoms with E-state index in [0.29, 0.717) is 29.6 Å². The molecule has 0 radical (unpaired) electrons. The van der Waals surface area contributed by atoms with Crippen molar-refractivity contribution < 1.29 is 19.0 Å². The van der Waals surface area contributed by atoms with Crippen molar-refractivity contribution in [3.8, 4) is 11.5 Å². The van der Waals surface area contributed by atoms with Gasteiger partial charge in [-0.05, 0) is 18.6 Å². The molecule has 0 bridgehead atoms. The lowest BCUT2D eigenvalue weighted by molar-refractivity contribution is 0.0595. The summed E-state index contributed by atoms with van der Waals surface area (Å²) in [6.07, 6.45) is 1.00. The van der Waals surface area contributed by atoms with Gasteiger partial charge >= 0.3 is 5.97 Å². The van der Waals surface area contributed by atoms with Crippen molar-refractivity contribution in [1.29, 1.82) is 0 Å². The van der Waals surface area contributed by atoms with Crippen molar-refractivity contribution in [2.24, 2.45) is 5.92 Å². The van der Waals surface area contributed by atoms with E-state index in [1.54, 1.807) is 25.3 Å². The predicted molar refractivity (Wildman–Crippen MR) is 77.4 cm³/mol. The fourth-order valence-electron chi connectivity index (χ4n) is 1.51. The lowest BCUT2D eigenvalue weighted by Gasteiger charge is -2.15.